The number of nitrogens with one attached hydrogen (secondary N) is 1. The third-order valence-electron chi connectivity index (χ3n) is 3.35. The molecule has 1 saturated carbocycles. The van der Waals surface area contributed by atoms with Crippen LogP contribution in [0.4, 0.5) is 5.69 Å². The van der Waals surface area contributed by atoms with Crippen LogP contribution >= 0.6 is 0 Å². The number of amides is 1. The van der Waals surface area contributed by atoms with Crippen molar-refractivity contribution in [2.75, 3.05) is 18.0 Å². The first-order chi connectivity index (χ1) is 8.60. The lowest BCUT2D eigenvalue weighted by Crippen LogP contribution is -2.38. The maximum absolute atomic E-state index is 11.9. The summed E-state index contributed by atoms with van der Waals surface area (Å²) in [5.74, 6) is 0.138. The van der Waals surface area contributed by atoms with Crippen molar-refractivity contribution >= 4 is 11.6 Å². The van der Waals surface area contributed by atoms with Crippen molar-refractivity contribution in [2.45, 2.75) is 39.7 Å². The van der Waals surface area contributed by atoms with Gasteiger partial charge in [-0.3, -0.25) is 4.79 Å². The molecule has 0 heterocycles. The minimum absolute atomic E-state index is 0.138. The first-order valence-electron chi connectivity index (χ1n) is 6.71. The summed E-state index contributed by atoms with van der Waals surface area (Å²) >= 11 is 0. The Kier molecular flexibility index (Phi) is 3.90. The highest BCUT2D eigenvalue weighted by Gasteiger charge is 2.24. The van der Waals surface area contributed by atoms with Crippen LogP contribution in [0.5, 0.6) is 0 Å². The van der Waals surface area contributed by atoms with Crippen molar-refractivity contribution in [3.05, 3.63) is 29.3 Å². The minimum Gasteiger partial charge on any atom is -0.362 e. The van der Waals surface area contributed by atoms with Gasteiger partial charge in [0.05, 0.1) is 6.54 Å². The Bertz CT molecular complexity index is 438. The van der Waals surface area contributed by atoms with E-state index in [2.05, 4.69) is 49.2 Å². The molecular formula is C15H22N2O. The Hall–Kier alpha value is -1.51. The van der Waals surface area contributed by atoms with Gasteiger partial charge >= 0.3 is 0 Å². The number of hydrogen-bond acceptors (Lipinski definition) is 2. The number of hydrogen-bond donors (Lipinski definition) is 1. The van der Waals surface area contributed by atoms with Crippen molar-refractivity contribution in [1.82, 2.24) is 5.32 Å². The van der Waals surface area contributed by atoms with Gasteiger partial charge in [0.1, 0.15) is 0 Å². The van der Waals surface area contributed by atoms with Gasteiger partial charge < -0.3 is 10.2 Å². The van der Waals surface area contributed by atoms with E-state index in [9.17, 15) is 4.79 Å². The largest absolute Gasteiger partial charge is 0.362 e. The zero-order valence-corrected chi connectivity index (χ0v) is 11.5. The molecule has 0 unspecified atom stereocenters. The van der Waals surface area contributed by atoms with Gasteiger partial charge in [-0.05, 0) is 45.2 Å². The third kappa shape index (κ3) is 3.25. The van der Waals surface area contributed by atoms with E-state index in [4.69, 9.17) is 0 Å². The molecule has 0 aliphatic heterocycles. The molecule has 1 fully saturated rings. The number of carbonyl (C=O) groups is 1. The van der Waals surface area contributed by atoms with Crippen molar-refractivity contribution in [3.63, 3.8) is 0 Å². The second kappa shape index (κ2) is 5.42. The normalized spacial score (nSPS) is 14.4. The van der Waals surface area contributed by atoms with Crippen molar-refractivity contribution in [1.29, 1.82) is 0 Å². The van der Waals surface area contributed by atoms with Gasteiger partial charge in [-0.25, -0.2) is 0 Å². The van der Waals surface area contributed by atoms with Crippen LogP contribution in [0.25, 0.3) is 0 Å². The Morgan fingerprint density at radius 2 is 2.11 bits per heavy atom. The summed E-state index contributed by atoms with van der Waals surface area (Å²) < 4.78 is 0. The molecule has 2 rings (SSSR count). The van der Waals surface area contributed by atoms with Crippen LogP contribution in [0, 0.1) is 13.8 Å². The van der Waals surface area contributed by atoms with E-state index in [1.54, 1.807) is 0 Å². The highest BCUT2D eigenvalue weighted by atomic mass is 16.2. The molecule has 0 radical (unpaired) electrons. The molecule has 0 saturated heterocycles. The fraction of sp³-hybridized carbons (Fsp3) is 0.533. The van der Waals surface area contributed by atoms with E-state index in [1.807, 2.05) is 0 Å². The Labute approximate surface area is 109 Å². The lowest BCUT2D eigenvalue weighted by molar-refractivity contribution is -0.119. The molecule has 0 atom stereocenters. The molecule has 98 valence electrons. The first-order valence-corrected chi connectivity index (χ1v) is 6.71. The van der Waals surface area contributed by atoms with Gasteiger partial charge in [0.25, 0.3) is 0 Å². The molecule has 18 heavy (non-hydrogen) atoms. The van der Waals surface area contributed by atoms with Gasteiger partial charge in [0.15, 0.2) is 0 Å². The fourth-order valence-electron chi connectivity index (χ4n) is 2.20. The summed E-state index contributed by atoms with van der Waals surface area (Å²) in [5, 5.41) is 3.04. The van der Waals surface area contributed by atoms with Crippen LogP contribution in [0.1, 0.15) is 30.9 Å². The van der Waals surface area contributed by atoms with Gasteiger partial charge in [-0.2, -0.15) is 0 Å². The lowest BCUT2D eigenvalue weighted by atomic mass is 10.1. The highest BCUT2D eigenvalue weighted by molar-refractivity contribution is 5.82. The Morgan fingerprint density at radius 1 is 1.39 bits per heavy atom. The van der Waals surface area contributed by atoms with E-state index in [0.29, 0.717) is 12.6 Å². The summed E-state index contributed by atoms with van der Waals surface area (Å²) in [6.45, 7) is 7.58. The van der Waals surface area contributed by atoms with E-state index in [-0.39, 0.29) is 5.91 Å². The maximum atomic E-state index is 11.9. The quantitative estimate of drug-likeness (QED) is 0.865. The van der Waals surface area contributed by atoms with Crippen molar-refractivity contribution in [2.24, 2.45) is 0 Å². The minimum atomic E-state index is 0.138. The predicted molar refractivity (Wildman–Crippen MR) is 75.0 cm³/mol. The van der Waals surface area contributed by atoms with Crippen LogP contribution in [-0.2, 0) is 4.79 Å². The summed E-state index contributed by atoms with van der Waals surface area (Å²) in [6.07, 6.45) is 2.28. The monoisotopic (exact) mass is 246 g/mol. The smallest absolute Gasteiger partial charge is 0.239 e. The molecule has 1 aliphatic rings. The predicted octanol–water partition coefficient (Wildman–Crippen LogP) is 2.41. The number of anilines is 1. The zero-order chi connectivity index (χ0) is 13.1. The number of nitrogens with zero attached hydrogens (tertiary/aromatic N) is 1. The van der Waals surface area contributed by atoms with E-state index >= 15 is 0 Å². The zero-order valence-electron chi connectivity index (χ0n) is 11.5. The third-order valence-corrected chi connectivity index (χ3v) is 3.35. The Morgan fingerprint density at radius 3 is 2.67 bits per heavy atom. The van der Waals surface area contributed by atoms with E-state index in [0.717, 1.165) is 25.1 Å². The summed E-state index contributed by atoms with van der Waals surface area (Å²) in [7, 11) is 0. The number of benzene rings is 1. The molecule has 1 aliphatic carbocycles. The fourth-order valence-corrected chi connectivity index (χ4v) is 2.20. The number of aryl methyl sites for hydroxylation is 2. The van der Waals surface area contributed by atoms with Crippen LogP contribution in [0.15, 0.2) is 18.2 Å². The van der Waals surface area contributed by atoms with E-state index in [1.165, 1.54) is 11.1 Å². The lowest BCUT2D eigenvalue weighted by Gasteiger charge is -2.24. The van der Waals surface area contributed by atoms with Gasteiger partial charge in [0.2, 0.25) is 5.91 Å². The van der Waals surface area contributed by atoms with Gasteiger partial charge in [-0.1, -0.05) is 17.7 Å². The molecule has 1 aromatic carbocycles. The van der Waals surface area contributed by atoms with Crippen LogP contribution in [0.2, 0.25) is 0 Å². The first kappa shape index (κ1) is 12.9. The molecule has 0 aromatic heterocycles. The molecular weight excluding hydrogens is 224 g/mol. The van der Waals surface area contributed by atoms with Crippen LogP contribution < -0.4 is 10.2 Å². The average Bonchev–Trinajstić information content (AvgIpc) is 3.10. The summed E-state index contributed by atoms with van der Waals surface area (Å²) in [5.41, 5.74) is 3.65. The number of carbonyl (C=O) groups excluding carboxylic acids is 1. The van der Waals surface area contributed by atoms with Gasteiger partial charge in [-0.15, -0.1) is 0 Å². The second-order valence-electron chi connectivity index (χ2n) is 5.15. The summed E-state index contributed by atoms with van der Waals surface area (Å²) in [6, 6.07) is 6.81. The standard InChI is InChI=1S/C15H22N2O/c1-4-17(10-15(18)16-13-6-7-13)14-8-5-11(2)9-12(14)3/h5,8-9,13H,4,6-7,10H2,1-3H3,(H,16,18). The number of likely N-dealkylation sites (N-methyl/N-ethyl adjacent to an activating group) is 1. The molecule has 1 amide bonds. The van der Waals surface area contributed by atoms with Crippen LogP contribution in [0.3, 0.4) is 0 Å². The average molecular weight is 246 g/mol. The maximum Gasteiger partial charge on any atom is 0.239 e. The summed E-state index contributed by atoms with van der Waals surface area (Å²) in [4.78, 5) is 14.0. The molecule has 3 nitrogen and oxygen atoms in total. The second-order valence-corrected chi connectivity index (χ2v) is 5.15. The molecule has 0 spiro atoms. The molecule has 0 bridgehead atoms. The molecule has 3 heteroatoms. The van der Waals surface area contributed by atoms with Crippen LogP contribution in [-0.4, -0.2) is 25.0 Å². The van der Waals surface area contributed by atoms with Crippen molar-refractivity contribution in [3.8, 4) is 0 Å². The number of rotatable bonds is 5. The molecule has 1 N–H and O–H groups in total. The van der Waals surface area contributed by atoms with Gasteiger partial charge in [0, 0.05) is 18.3 Å². The van der Waals surface area contributed by atoms with Crippen molar-refractivity contribution < 1.29 is 4.79 Å². The Balaban J connectivity index is 2.04. The molecule has 1 aromatic rings. The SMILES string of the molecule is CCN(CC(=O)NC1CC1)c1ccc(C)cc1C. The topological polar surface area (TPSA) is 32.3 Å². The van der Waals surface area contributed by atoms with E-state index < -0.39 is 0 Å². The highest BCUT2D eigenvalue weighted by Crippen LogP contribution is 2.22.